The van der Waals surface area contributed by atoms with E-state index in [1.807, 2.05) is 36.4 Å². The fraction of sp³-hybridized carbons (Fsp3) is 0.136. The monoisotopic (exact) mass is 415 g/mol. The number of nitrogens with one attached hydrogen (secondary N) is 1. The Balaban J connectivity index is 1.41. The van der Waals surface area contributed by atoms with Crippen molar-refractivity contribution in [2.45, 2.75) is 13.0 Å². The van der Waals surface area contributed by atoms with E-state index in [4.69, 9.17) is 32.7 Å². The Morgan fingerprint density at radius 3 is 1.93 bits per heavy atom. The van der Waals surface area contributed by atoms with Gasteiger partial charge in [0.25, 0.3) is 0 Å². The Morgan fingerprint density at radius 2 is 1.29 bits per heavy atom. The first kappa shape index (κ1) is 20.1. The molecule has 1 N–H and O–H groups in total. The zero-order valence-electron chi connectivity index (χ0n) is 15.0. The Labute approximate surface area is 174 Å². The summed E-state index contributed by atoms with van der Waals surface area (Å²) in [7, 11) is 0. The molecule has 0 heterocycles. The van der Waals surface area contributed by atoms with Crippen LogP contribution < -0.4 is 14.8 Å². The van der Waals surface area contributed by atoms with Crippen LogP contribution in [0.2, 0.25) is 10.0 Å². The smallest absolute Gasteiger partial charge is 0.227 e. The van der Waals surface area contributed by atoms with Crippen LogP contribution in [-0.4, -0.2) is 12.5 Å². The SMILES string of the molecule is O=C(CCOc1ccc(Cl)cc1)Nc1ccc(OCc2ccc(Cl)cc2)cc1. The lowest BCUT2D eigenvalue weighted by Gasteiger charge is -2.09. The predicted molar refractivity (Wildman–Crippen MR) is 112 cm³/mol. The van der Waals surface area contributed by atoms with Crippen LogP contribution in [0, 0.1) is 0 Å². The number of hydrogen-bond donors (Lipinski definition) is 1. The molecule has 0 bridgehead atoms. The van der Waals surface area contributed by atoms with E-state index in [9.17, 15) is 4.79 Å². The van der Waals surface area contributed by atoms with Crippen LogP contribution in [0.4, 0.5) is 5.69 Å². The average molecular weight is 416 g/mol. The van der Waals surface area contributed by atoms with Gasteiger partial charge in [0.2, 0.25) is 5.91 Å². The van der Waals surface area contributed by atoms with Gasteiger partial charge in [-0.25, -0.2) is 0 Å². The van der Waals surface area contributed by atoms with Crippen molar-refractivity contribution in [3.63, 3.8) is 0 Å². The predicted octanol–water partition coefficient (Wildman–Crippen LogP) is 5.98. The highest BCUT2D eigenvalue weighted by molar-refractivity contribution is 6.30. The van der Waals surface area contributed by atoms with Crippen LogP contribution in [0.3, 0.4) is 0 Å². The quantitative estimate of drug-likeness (QED) is 0.492. The molecule has 3 rings (SSSR count). The molecule has 1 amide bonds. The number of amides is 1. The fourth-order valence-corrected chi connectivity index (χ4v) is 2.65. The van der Waals surface area contributed by atoms with Crippen molar-refractivity contribution in [2.75, 3.05) is 11.9 Å². The largest absolute Gasteiger partial charge is 0.493 e. The number of carbonyl (C=O) groups excluding carboxylic acids is 1. The van der Waals surface area contributed by atoms with Crippen molar-refractivity contribution in [1.29, 1.82) is 0 Å². The lowest BCUT2D eigenvalue weighted by atomic mass is 10.2. The standard InChI is InChI=1S/C22H19Cl2NO3/c23-17-3-1-16(2-4-17)15-28-21-11-7-19(8-12-21)25-22(26)13-14-27-20-9-5-18(24)6-10-20/h1-12H,13-15H2,(H,25,26). The van der Waals surface area contributed by atoms with E-state index in [2.05, 4.69) is 5.32 Å². The molecule has 3 aromatic carbocycles. The minimum absolute atomic E-state index is 0.121. The number of anilines is 1. The lowest BCUT2D eigenvalue weighted by Crippen LogP contribution is -2.15. The van der Waals surface area contributed by atoms with Crippen molar-refractivity contribution in [1.82, 2.24) is 0 Å². The third-order valence-corrected chi connectivity index (χ3v) is 4.37. The van der Waals surface area contributed by atoms with Crippen LogP contribution in [-0.2, 0) is 11.4 Å². The molecule has 6 heteroatoms. The molecule has 0 spiro atoms. The van der Waals surface area contributed by atoms with Crippen molar-refractivity contribution in [3.05, 3.63) is 88.4 Å². The molecule has 28 heavy (non-hydrogen) atoms. The Morgan fingerprint density at radius 1 is 0.750 bits per heavy atom. The second-order valence-corrected chi connectivity index (χ2v) is 6.91. The van der Waals surface area contributed by atoms with Crippen molar-refractivity contribution in [2.24, 2.45) is 0 Å². The van der Waals surface area contributed by atoms with Gasteiger partial charge in [-0.1, -0.05) is 35.3 Å². The number of carbonyl (C=O) groups is 1. The van der Waals surface area contributed by atoms with E-state index < -0.39 is 0 Å². The number of halogens is 2. The molecule has 0 unspecified atom stereocenters. The van der Waals surface area contributed by atoms with Crippen molar-refractivity contribution < 1.29 is 14.3 Å². The summed E-state index contributed by atoms with van der Waals surface area (Å²) < 4.78 is 11.3. The molecule has 0 radical (unpaired) electrons. The Bertz CT molecular complexity index is 895. The zero-order valence-corrected chi connectivity index (χ0v) is 16.5. The Hall–Kier alpha value is -2.69. The fourth-order valence-electron chi connectivity index (χ4n) is 2.40. The van der Waals surface area contributed by atoms with E-state index in [-0.39, 0.29) is 18.9 Å². The van der Waals surface area contributed by atoms with Crippen molar-refractivity contribution >= 4 is 34.8 Å². The maximum Gasteiger partial charge on any atom is 0.227 e. The van der Waals surface area contributed by atoms with Crippen LogP contribution in [0.25, 0.3) is 0 Å². The lowest BCUT2D eigenvalue weighted by molar-refractivity contribution is -0.116. The average Bonchev–Trinajstić information content (AvgIpc) is 2.70. The molecule has 0 atom stereocenters. The molecule has 4 nitrogen and oxygen atoms in total. The highest BCUT2D eigenvalue weighted by Gasteiger charge is 2.04. The number of hydrogen-bond acceptors (Lipinski definition) is 3. The zero-order chi connectivity index (χ0) is 19.8. The summed E-state index contributed by atoms with van der Waals surface area (Å²) in [6.07, 6.45) is 0.247. The summed E-state index contributed by atoms with van der Waals surface area (Å²) in [5.74, 6) is 1.28. The van der Waals surface area contributed by atoms with E-state index in [1.165, 1.54) is 0 Å². The molecule has 0 saturated heterocycles. The van der Waals surface area contributed by atoms with E-state index in [1.54, 1.807) is 36.4 Å². The third-order valence-electron chi connectivity index (χ3n) is 3.87. The summed E-state index contributed by atoms with van der Waals surface area (Å²) in [6.45, 7) is 0.737. The first-order chi connectivity index (χ1) is 13.6. The summed E-state index contributed by atoms with van der Waals surface area (Å²) in [6, 6.07) is 21.7. The van der Waals surface area contributed by atoms with Gasteiger partial charge in [-0.15, -0.1) is 0 Å². The number of rotatable bonds is 8. The highest BCUT2D eigenvalue weighted by Crippen LogP contribution is 2.19. The molecular weight excluding hydrogens is 397 g/mol. The molecule has 3 aromatic rings. The molecule has 0 saturated carbocycles. The summed E-state index contributed by atoms with van der Waals surface area (Å²) >= 11 is 11.7. The van der Waals surface area contributed by atoms with Gasteiger partial charge < -0.3 is 14.8 Å². The topological polar surface area (TPSA) is 47.6 Å². The first-order valence-corrected chi connectivity index (χ1v) is 9.49. The molecule has 144 valence electrons. The second kappa shape index (κ2) is 10.0. The molecule has 0 fully saturated rings. The molecule has 0 aliphatic carbocycles. The van der Waals surface area contributed by atoms with Gasteiger partial charge in [0.1, 0.15) is 18.1 Å². The van der Waals surface area contributed by atoms with Crippen molar-refractivity contribution in [3.8, 4) is 11.5 Å². The minimum atomic E-state index is -0.121. The first-order valence-electron chi connectivity index (χ1n) is 8.74. The normalized spacial score (nSPS) is 10.4. The van der Waals surface area contributed by atoms with Crippen LogP contribution in [0.5, 0.6) is 11.5 Å². The van der Waals surface area contributed by atoms with Crippen LogP contribution in [0.15, 0.2) is 72.8 Å². The second-order valence-electron chi connectivity index (χ2n) is 6.04. The molecular formula is C22H19Cl2NO3. The maximum atomic E-state index is 12.0. The van der Waals surface area contributed by atoms with E-state index in [0.29, 0.717) is 28.1 Å². The van der Waals surface area contributed by atoms with Gasteiger partial charge in [-0.05, 0) is 66.2 Å². The van der Waals surface area contributed by atoms with E-state index >= 15 is 0 Å². The summed E-state index contributed by atoms with van der Waals surface area (Å²) in [5.41, 5.74) is 1.73. The van der Waals surface area contributed by atoms with Crippen LogP contribution in [0.1, 0.15) is 12.0 Å². The molecule has 0 aliphatic heterocycles. The van der Waals surface area contributed by atoms with Gasteiger partial charge in [-0.3, -0.25) is 4.79 Å². The third kappa shape index (κ3) is 6.48. The number of benzene rings is 3. The Kier molecular flexibility index (Phi) is 7.18. The van der Waals surface area contributed by atoms with Gasteiger partial charge in [-0.2, -0.15) is 0 Å². The van der Waals surface area contributed by atoms with E-state index in [0.717, 1.165) is 11.3 Å². The summed E-state index contributed by atoms with van der Waals surface area (Å²) in [5, 5.41) is 4.18. The van der Waals surface area contributed by atoms with Gasteiger partial charge in [0.15, 0.2) is 0 Å². The van der Waals surface area contributed by atoms with Crippen LogP contribution >= 0.6 is 23.2 Å². The number of ether oxygens (including phenoxy) is 2. The molecule has 0 aromatic heterocycles. The maximum absolute atomic E-state index is 12.0. The summed E-state index contributed by atoms with van der Waals surface area (Å²) in [4.78, 5) is 12.0. The van der Waals surface area contributed by atoms with Gasteiger partial charge in [0.05, 0.1) is 13.0 Å². The van der Waals surface area contributed by atoms with Gasteiger partial charge in [0, 0.05) is 15.7 Å². The molecule has 0 aliphatic rings. The van der Waals surface area contributed by atoms with Gasteiger partial charge >= 0.3 is 0 Å². The minimum Gasteiger partial charge on any atom is -0.493 e. The highest BCUT2D eigenvalue weighted by atomic mass is 35.5.